The van der Waals surface area contributed by atoms with Crippen molar-refractivity contribution in [2.75, 3.05) is 0 Å². The zero-order valence-corrected chi connectivity index (χ0v) is 29.1. The molecule has 0 saturated carbocycles. The molecule has 0 N–H and O–H groups in total. The van der Waals surface area contributed by atoms with Gasteiger partial charge in [-0.3, -0.25) is 8.97 Å². The smallest absolute Gasteiger partial charge is 0.221 e. The first-order valence-corrected chi connectivity index (χ1v) is 18.5. The molecule has 1 aliphatic carbocycles. The number of fused-ring (bicyclic) bond motifs is 15. The molecule has 1 unspecified atom stereocenters. The second-order valence-electron chi connectivity index (χ2n) is 14.7. The summed E-state index contributed by atoms with van der Waals surface area (Å²) in [6.45, 7) is 2.33. The molecule has 12 rings (SSSR count). The van der Waals surface area contributed by atoms with Crippen LogP contribution >= 0.6 is 0 Å². The maximum atomic E-state index is 5.43. The molecular weight excluding hydrogens is 645 g/mol. The molecule has 0 radical (unpaired) electrons. The fourth-order valence-corrected chi connectivity index (χ4v) is 9.14. The van der Waals surface area contributed by atoms with Crippen LogP contribution in [-0.2, 0) is 0 Å². The molecule has 0 spiro atoms. The zero-order valence-electron chi connectivity index (χ0n) is 29.1. The lowest BCUT2D eigenvalue weighted by Gasteiger charge is -2.16. The number of rotatable bonds is 2. The number of hydrogen-bond acceptors (Lipinski definition) is 2. The fourth-order valence-electron chi connectivity index (χ4n) is 9.14. The first kappa shape index (κ1) is 28.9. The van der Waals surface area contributed by atoms with Crippen LogP contribution < -0.4 is 10.4 Å². The first-order valence-electron chi connectivity index (χ1n) is 18.5. The van der Waals surface area contributed by atoms with E-state index in [-0.39, 0.29) is 0 Å². The van der Waals surface area contributed by atoms with Crippen LogP contribution in [0.3, 0.4) is 0 Å². The van der Waals surface area contributed by atoms with Gasteiger partial charge in [0.25, 0.3) is 0 Å². The van der Waals surface area contributed by atoms with Gasteiger partial charge in [-0.15, -0.1) is 0 Å². The number of nitrogens with zero attached hydrogens (tertiary/aromatic N) is 4. The van der Waals surface area contributed by atoms with Crippen molar-refractivity contribution in [2.45, 2.75) is 13.3 Å². The predicted octanol–water partition coefficient (Wildman–Crippen LogP) is 10.9. The summed E-state index contributed by atoms with van der Waals surface area (Å²) in [4.78, 5) is 10.6. The van der Waals surface area contributed by atoms with Gasteiger partial charge in [-0.25, -0.2) is 9.97 Å². The molecule has 0 aliphatic heterocycles. The number of aromatic nitrogens is 4. The van der Waals surface area contributed by atoms with Crippen LogP contribution in [0.15, 0.2) is 146 Å². The minimum absolute atomic E-state index is 0.472. The van der Waals surface area contributed by atoms with E-state index in [2.05, 4.69) is 174 Å². The monoisotopic (exact) mass is 676 g/mol. The van der Waals surface area contributed by atoms with E-state index in [1.54, 1.807) is 0 Å². The van der Waals surface area contributed by atoms with Crippen molar-refractivity contribution < 1.29 is 0 Å². The van der Waals surface area contributed by atoms with E-state index in [0.717, 1.165) is 51.0 Å². The summed E-state index contributed by atoms with van der Waals surface area (Å²) in [5.41, 5.74) is 8.57. The molecule has 1 atom stereocenters. The van der Waals surface area contributed by atoms with E-state index in [1.165, 1.54) is 64.7 Å². The van der Waals surface area contributed by atoms with E-state index in [0.29, 0.717) is 5.92 Å². The van der Waals surface area contributed by atoms with Gasteiger partial charge in [0, 0.05) is 16.2 Å². The zero-order chi connectivity index (χ0) is 34.8. The highest BCUT2D eigenvalue weighted by Crippen LogP contribution is 2.40. The summed E-state index contributed by atoms with van der Waals surface area (Å²) in [6, 6.07) is 52.9. The Labute approximate surface area is 304 Å². The molecular formula is C49H32N4. The van der Waals surface area contributed by atoms with Gasteiger partial charge >= 0.3 is 0 Å². The Hall–Kier alpha value is -6.78. The van der Waals surface area contributed by atoms with Crippen LogP contribution in [0.4, 0.5) is 0 Å². The maximum Gasteiger partial charge on any atom is 0.221 e. The average molecular weight is 677 g/mol. The highest BCUT2D eigenvalue weighted by molar-refractivity contribution is 6.22. The van der Waals surface area contributed by atoms with Crippen molar-refractivity contribution in [1.29, 1.82) is 0 Å². The summed E-state index contributed by atoms with van der Waals surface area (Å²) in [7, 11) is 0. The number of hydrogen-bond donors (Lipinski definition) is 0. The lowest BCUT2D eigenvalue weighted by Crippen LogP contribution is -2.31. The Bertz CT molecular complexity index is 3510. The molecule has 3 heterocycles. The largest absolute Gasteiger partial charge is 0.279 e. The summed E-state index contributed by atoms with van der Waals surface area (Å²) >= 11 is 0. The Morgan fingerprint density at radius 2 is 1.25 bits per heavy atom. The SMILES string of the molecule is CC1C=c2c(-c3ccc4c(c3)c3c5ccccc5ccc3n4-c3nc4ccccc4c4nc5ccccc5n34)cc3c(ccc4ccccc43)c2=CC1. The van der Waals surface area contributed by atoms with Gasteiger partial charge in [-0.2, -0.15) is 0 Å². The third kappa shape index (κ3) is 4.01. The fraction of sp³-hybridized carbons (Fsp3) is 0.0612. The van der Waals surface area contributed by atoms with Gasteiger partial charge < -0.3 is 0 Å². The van der Waals surface area contributed by atoms with Gasteiger partial charge in [-0.05, 0) is 115 Å². The van der Waals surface area contributed by atoms with Crippen LogP contribution in [0.25, 0.3) is 111 Å². The van der Waals surface area contributed by atoms with E-state index in [4.69, 9.17) is 9.97 Å². The molecule has 0 bridgehead atoms. The maximum absolute atomic E-state index is 5.43. The van der Waals surface area contributed by atoms with Crippen molar-refractivity contribution in [3.05, 3.63) is 156 Å². The van der Waals surface area contributed by atoms with Gasteiger partial charge in [0.05, 0.1) is 27.6 Å². The molecule has 1 aliphatic rings. The molecule has 11 aromatic rings. The van der Waals surface area contributed by atoms with Crippen LogP contribution in [0.2, 0.25) is 0 Å². The Morgan fingerprint density at radius 1 is 0.528 bits per heavy atom. The Kier molecular flexibility index (Phi) is 5.79. The summed E-state index contributed by atoms with van der Waals surface area (Å²) < 4.78 is 4.61. The van der Waals surface area contributed by atoms with Gasteiger partial charge in [-0.1, -0.05) is 116 Å². The van der Waals surface area contributed by atoms with Crippen LogP contribution in [0.1, 0.15) is 13.3 Å². The van der Waals surface area contributed by atoms with E-state index >= 15 is 0 Å². The molecule has 248 valence electrons. The minimum Gasteiger partial charge on any atom is -0.279 e. The Balaban J connectivity index is 1.24. The minimum atomic E-state index is 0.472. The average Bonchev–Trinajstić information content (AvgIpc) is 3.76. The van der Waals surface area contributed by atoms with Gasteiger partial charge in [0.1, 0.15) is 5.65 Å². The molecule has 0 saturated heterocycles. The molecule has 0 amide bonds. The van der Waals surface area contributed by atoms with Crippen molar-refractivity contribution in [3.8, 4) is 17.1 Å². The van der Waals surface area contributed by atoms with Crippen molar-refractivity contribution >= 4 is 93.9 Å². The topological polar surface area (TPSA) is 35.1 Å². The third-order valence-electron chi connectivity index (χ3n) is 11.6. The van der Waals surface area contributed by atoms with Crippen molar-refractivity contribution in [1.82, 2.24) is 18.9 Å². The van der Waals surface area contributed by atoms with Crippen LogP contribution in [0, 0.1) is 5.92 Å². The number of imidazole rings is 1. The van der Waals surface area contributed by atoms with Gasteiger partial charge in [0.15, 0.2) is 0 Å². The van der Waals surface area contributed by atoms with E-state index in [1.807, 2.05) is 0 Å². The molecule has 4 heteroatoms. The molecule has 53 heavy (non-hydrogen) atoms. The van der Waals surface area contributed by atoms with Crippen LogP contribution in [0.5, 0.6) is 0 Å². The van der Waals surface area contributed by atoms with Crippen LogP contribution in [-0.4, -0.2) is 18.9 Å². The second kappa shape index (κ2) is 10.6. The predicted molar refractivity (Wildman–Crippen MR) is 222 cm³/mol. The molecule has 3 aromatic heterocycles. The summed E-state index contributed by atoms with van der Waals surface area (Å²) in [5.74, 6) is 1.31. The quantitative estimate of drug-likeness (QED) is 0.171. The highest BCUT2D eigenvalue weighted by atomic mass is 15.2. The third-order valence-corrected chi connectivity index (χ3v) is 11.6. The van der Waals surface area contributed by atoms with Crippen molar-refractivity contribution in [2.24, 2.45) is 5.92 Å². The van der Waals surface area contributed by atoms with Crippen molar-refractivity contribution in [3.63, 3.8) is 0 Å². The first-order chi connectivity index (χ1) is 26.2. The summed E-state index contributed by atoms with van der Waals surface area (Å²) in [5, 5.41) is 13.8. The number of benzene rings is 8. The molecule has 0 fully saturated rings. The second-order valence-corrected chi connectivity index (χ2v) is 14.7. The molecule has 4 nitrogen and oxygen atoms in total. The Morgan fingerprint density at radius 3 is 2.13 bits per heavy atom. The normalized spacial score (nSPS) is 14.5. The lowest BCUT2D eigenvalue weighted by atomic mass is 9.88. The van der Waals surface area contributed by atoms with E-state index < -0.39 is 0 Å². The highest BCUT2D eigenvalue weighted by Gasteiger charge is 2.22. The van der Waals surface area contributed by atoms with Gasteiger partial charge in [0.2, 0.25) is 5.95 Å². The van der Waals surface area contributed by atoms with E-state index in [9.17, 15) is 0 Å². The summed E-state index contributed by atoms with van der Waals surface area (Å²) in [6.07, 6.45) is 6.00. The molecule has 8 aromatic carbocycles. The number of para-hydroxylation sites is 3. The standard InChI is InChI=1S/C49H32N4/c1-29-18-22-35-36-23-19-30-10-2-4-12-33(30)40(36)28-38(39(35)26-29)32-21-24-44-41(27-32)47-34-13-5-3-11-31(34)20-25-46(47)52(44)49-51-42-15-7-6-14-37(42)48-50-43-16-8-9-17-45(43)53(48)49/h2-17,19-29H,18H2,1H3. The lowest BCUT2D eigenvalue weighted by molar-refractivity contribution is 0.801.